The van der Waals surface area contributed by atoms with E-state index in [0.717, 1.165) is 11.1 Å². The van der Waals surface area contributed by atoms with E-state index < -0.39 is 11.9 Å². The quantitative estimate of drug-likeness (QED) is 0.0816. The van der Waals surface area contributed by atoms with Crippen LogP contribution >= 0.6 is 0 Å². The lowest BCUT2D eigenvalue weighted by molar-refractivity contribution is 0.0473. The molecule has 5 N–H and O–H groups in total. The van der Waals surface area contributed by atoms with Crippen LogP contribution in [0.15, 0.2) is 127 Å². The first-order valence-corrected chi connectivity index (χ1v) is 14.4. The van der Waals surface area contributed by atoms with Crippen LogP contribution in [0.1, 0.15) is 47.8 Å². The van der Waals surface area contributed by atoms with Crippen LogP contribution in [-0.2, 0) is 17.8 Å². The summed E-state index contributed by atoms with van der Waals surface area (Å²) in [5, 5.41) is 13.4. The number of esters is 1. The molecule has 0 heterocycles. The van der Waals surface area contributed by atoms with Crippen molar-refractivity contribution in [2.24, 2.45) is 5.73 Å². The Morgan fingerprint density at radius 2 is 1.24 bits per heavy atom. The van der Waals surface area contributed by atoms with Gasteiger partial charge < -0.3 is 21.1 Å². The van der Waals surface area contributed by atoms with Crippen molar-refractivity contribution in [2.45, 2.75) is 13.0 Å². The minimum atomic E-state index is -0.622. The summed E-state index contributed by atoms with van der Waals surface area (Å²) >= 11 is 0. The van der Waals surface area contributed by atoms with E-state index in [-0.39, 0.29) is 23.9 Å². The van der Waals surface area contributed by atoms with Gasteiger partial charge in [-0.15, -0.1) is 0 Å². The number of benzene rings is 5. The average molecular weight is 597 g/mol. The Morgan fingerprint density at radius 3 is 1.93 bits per heavy atom. The van der Waals surface area contributed by atoms with Gasteiger partial charge in [0.15, 0.2) is 0 Å². The molecule has 224 valence electrons. The molecule has 0 bridgehead atoms. The van der Waals surface area contributed by atoms with Crippen molar-refractivity contribution in [3.05, 3.63) is 161 Å². The Balaban J connectivity index is 1.43. The van der Waals surface area contributed by atoms with Crippen molar-refractivity contribution in [3.8, 4) is 11.1 Å². The predicted octanol–water partition coefficient (Wildman–Crippen LogP) is 6.22. The van der Waals surface area contributed by atoms with E-state index in [4.69, 9.17) is 15.9 Å². The minimum Gasteiger partial charge on any atom is -0.457 e. The number of rotatable bonds is 11. The third-order valence-electron chi connectivity index (χ3n) is 7.17. The summed E-state index contributed by atoms with van der Waals surface area (Å²) in [6.07, 6.45) is 0.663. The largest absolute Gasteiger partial charge is 0.457 e. The van der Waals surface area contributed by atoms with Crippen LogP contribution in [0.2, 0.25) is 0 Å². The summed E-state index contributed by atoms with van der Waals surface area (Å²) in [6, 6.07) is 37.5. The monoisotopic (exact) mass is 596 g/mol. The van der Waals surface area contributed by atoms with Gasteiger partial charge in [-0.25, -0.2) is 4.79 Å². The molecule has 8 nitrogen and oxygen atoms in total. The summed E-state index contributed by atoms with van der Waals surface area (Å²) in [6.45, 7) is 0.472. The van der Waals surface area contributed by atoms with Gasteiger partial charge in [-0.05, 0) is 71.1 Å². The number of amidine groups is 1. The fraction of sp³-hybridized carbons (Fsp3) is 0.0811. The van der Waals surface area contributed by atoms with E-state index in [0.29, 0.717) is 46.5 Å². The molecule has 0 aliphatic carbocycles. The molecule has 0 aliphatic heterocycles. The first-order valence-electron chi connectivity index (χ1n) is 14.4. The van der Waals surface area contributed by atoms with Crippen molar-refractivity contribution >= 4 is 29.3 Å². The number of nitrogens with two attached hydrogens (primary N) is 1. The van der Waals surface area contributed by atoms with E-state index in [1.54, 1.807) is 60.7 Å². The van der Waals surface area contributed by atoms with Gasteiger partial charge >= 0.3 is 5.97 Å². The summed E-state index contributed by atoms with van der Waals surface area (Å²) in [5.74, 6) is -1.41. The molecule has 0 atom stereocenters. The molecule has 0 saturated carbocycles. The lowest BCUT2D eigenvalue weighted by Crippen LogP contribution is -2.26. The maximum absolute atomic E-state index is 13.6. The molecule has 0 saturated heterocycles. The van der Waals surface area contributed by atoms with Crippen molar-refractivity contribution in [1.82, 2.24) is 5.32 Å². The van der Waals surface area contributed by atoms with Crippen molar-refractivity contribution in [1.29, 1.82) is 5.41 Å². The highest BCUT2D eigenvalue weighted by molar-refractivity contribution is 6.11. The highest BCUT2D eigenvalue weighted by atomic mass is 16.5. The molecule has 5 aromatic rings. The van der Waals surface area contributed by atoms with Gasteiger partial charge in [0.25, 0.3) is 11.8 Å². The molecule has 5 rings (SSSR count). The van der Waals surface area contributed by atoms with Crippen LogP contribution in [0.3, 0.4) is 0 Å². The topological polar surface area (TPSA) is 134 Å². The highest BCUT2D eigenvalue weighted by Gasteiger charge is 2.22. The number of anilines is 1. The lowest BCUT2D eigenvalue weighted by atomic mass is 9.93. The number of carbonyl (C=O) groups excluding carboxylic acids is 3. The second kappa shape index (κ2) is 14.4. The number of carbonyl (C=O) groups is 3. The second-order valence-electron chi connectivity index (χ2n) is 10.3. The van der Waals surface area contributed by atoms with E-state index in [2.05, 4.69) is 10.6 Å². The van der Waals surface area contributed by atoms with Gasteiger partial charge in [0, 0.05) is 28.9 Å². The fourth-order valence-electron chi connectivity index (χ4n) is 4.80. The Morgan fingerprint density at radius 1 is 0.644 bits per heavy atom. The van der Waals surface area contributed by atoms with Crippen LogP contribution < -0.4 is 16.4 Å². The number of amides is 2. The van der Waals surface area contributed by atoms with E-state index in [1.807, 2.05) is 60.7 Å². The van der Waals surface area contributed by atoms with Crippen LogP contribution in [0.5, 0.6) is 0 Å². The van der Waals surface area contributed by atoms with Gasteiger partial charge in [0.1, 0.15) is 12.4 Å². The second-order valence-corrected chi connectivity index (χ2v) is 10.3. The molecule has 45 heavy (non-hydrogen) atoms. The first-order chi connectivity index (χ1) is 21.9. The van der Waals surface area contributed by atoms with Crippen LogP contribution in [0.4, 0.5) is 5.69 Å². The number of hydrogen-bond acceptors (Lipinski definition) is 5. The smallest absolute Gasteiger partial charge is 0.339 e. The summed E-state index contributed by atoms with van der Waals surface area (Å²) in [5.41, 5.74) is 10.2. The molecule has 5 aromatic carbocycles. The Hall–Kier alpha value is -6.02. The molecule has 2 amide bonds. The van der Waals surface area contributed by atoms with E-state index in [1.165, 1.54) is 6.07 Å². The van der Waals surface area contributed by atoms with Crippen molar-refractivity contribution in [3.63, 3.8) is 0 Å². The van der Waals surface area contributed by atoms with Gasteiger partial charge in [-0.3, -0.25) is 15.0 Å². The number of hydrogen-bond donors (Lipinski definition) is 4. The minimum absolute atomic E-state index is 0.0466. The standard InChI is InChI=1S/C37H32N4O4/c38-34(39)27-15-18-29(19-16-27)41-36(43)32-14-8-7-13-30(32)31-20-17-28(35(42)40-22-21-25-9-3-1-4-10-25)23-33(31)37(44)45-24-26-11-5-2-6-12-26/h1-20,23H,21-22,24H2,(H3,38,39)(H,40,42)(H,41,43). The third kappa shape index (κ3) is 7.88. The molecule has 0 fully saturated rings. The highest BCUT2D eigenvalue weighted by Crippen LogP contribution is 2.30. The first kappa shape index (κ1) is 30.4. The van der Waals surface area contributed by atoms with Crippen molar-refractivity contribution < 1.29 is 19.1 Å². The molecule has 0 radical (unpaired) electrons. The van der Waals surface area contributed by atoms with Gasteiger partial charge in [0.2, 0.25) is 0 Å². The molecule has 0 aliphatic rings. The molecular weight excluding hydrogens is 564 g/mol. The zero-order chi connectivity index (χ0) is 31.6. The molecule has 0 spiro atoms. The Labute approximate surface area is 261 Å². The van der Waals surface area contributed by atoms with E-state index >= 15 is 0 Å². The maximum Gasteiger partial charge on any atom is 0.339 e. The summed E-state index contributed by atoms with van der Waals surface area (Å²) in [7, 11) is 0. The lowest BCUT2D eigenvalue weighted by Gasteiger charge is -2.15. The zero-order valence-corrected chi connectivity index (χ0v) is 24.5. The van der Waals surface area contributed by atoms with E-state index in [9.17, 15) is 14.4 Å². The van der Waals surface area contributed by atoms with Gasteiger partial charge in [-0.1, -0.05) is 84.9 Å². The summed E-state index contributed by atoms with van der Waals surface area (Å²) in [4.78, 5) is 40.2. The fourth-order valence-corrected chi connectivity index (χ4v) is 4.80. The molecule has 0 unspecified atom stereocenters. The molecule has 8 heteroatoms. The number of nitrogens with one attached hydrogen (secondary N) is 3. The Kier molecular flexibility index (Phi) is 9.77. The molecular formula is C37H32N4O4. The SMILES string of the molecule is N=C(N)c1ccc(NC(=O)c2ccccc2-c2ccc(C(=O)NCCc3ccccc3)cc2C(=O)OCc2ccccc2)cc1. The predicted molar refractivity (Wildman–Crippen MR) is 175 cm³/mol. The third-order valence-corrected chi connectivity index (χ3v) is 7.17. The number of ether oxygens (including phenoxy) is 1. The summed E-state index contributed by atoms with van der Waals surface area (Å²) < 4.78 is 5.68. The zero-order valence-electron chi connectivity index (χ0n) is 24.5. The normalized spacial score (nSPS) is 10.5. The Bertz CT molecular complexity index is 1820. The maximum atomic E-state index is 13.6. The van der Waals surface area contributed by atoms with Gasteiger partial charge in [-0.2, -0.15) is 0 Å². The van der Waals surface area contributed by atoms with Crippen LogP contribution in [0, 0.1) is 5.41 Å². The molecule has 0 aromatic heterocycles. The van der Waals surface area contributed by atoms with Crippen LogP contribution in [0.25, 0.3) is 11.1 Å². The van der Waals surface area contributed by atoms with Gasteiger partial charge in [0.05, 0.1) is 5.56 Å². The number of nitrogen functional groups attached to an aromatic ring is 1. The average Bonchev–Trinajstić information content (AvgIpc) is 3.08. The van der Waals surface area contributed by atoms with Crippen LogP contribution in [-0.4, -0.2) is 30.2 Å². The van der Waals surface area contributed by atoms with Crippen molar-refractivity contribution in [2.75, 3.05) is 11.9 Å².